The smallest absolute Gasteiger partial charge is 0.412 e. The van der Waals surface area contributed by atoms with Gasteiger partial charge in [0, 0.05) is 37.1 Å². The summed E-state index contributed by atoms with van der Waals surface area (Å²) < 4.78 is 6.13. The molecule has 0 radical (unpaired) electrons. The lowest BCUT2D eigenvalue weighted by molar-refractivity contribution is -0.140. The molecule has 0 bridgehead atoms. The van der Waals surface area contributed by atoms with E-state index in [1.165, 1.54) is 6.20 Å². The monoisotopic (exact) mass is 383 g/mol. The number of benzene rings is 1. The van der Waals surface area contributed by atoms with Crippen LogP contribution in [0.15, 0.2) is 47.7 Å². The average Bonchev–Trinajstić information content (AvgIpc) is 3.08. The first-order chi connectivity index (χ1) is 13.4. The lowest BCUT2D eigenvalue weighted by Gasteiger charge is -2.07. The molecule has 0 atom stereocenters. The minimum Gasteiger partial charge on any atom is -0.479 e. The number of carboxylic acids is 1. The first-order valence-corrected chi connectivity index (χ1v) is 8.23. The number of hydrogen-bond donors (Lipinski definition) is 3. The Morgan fingerprint density at radius 1 is 1.36 bits per heavy atom. The Hall–Kier alpha value is -3.95. The largest absolute Gasteiger partial charge is 0.479 e. The van der Waals surface area contributed by atoms with Crippen LogP contribution in [0.5, 0.6) is 0 Å². The van der Waals surface area contributed by atoms with Crippen LogP contribution in [0, 0.1) is 0 Å². The summed E-state index contributed by atoms with van der Waals surface area (Å²) in [5.41, 5.74) is 2.39. The molecule has 10 heteroatoms. The molecular weight excluding hydrogens is 366 g/mol. The molecule has 2 aromatic heterocycles. The number of rotatable bonds is 6. The van der Waals surface area contributed by atoms with E-state index in [9.17, 15) is 14.4 Å². The van der Waals surface area contributed by atoms with E-state index >= 15 is 0 Å². The summed E-state index contributed by atoms with van der Waals surface area (Å²) in [5.74, 6) is -1.25. The van der Waals surface area contributed by atoms with E-state index in [-0.39, 0.29) is 11.8 Å². The minimum absolute atomic E-state index is 0.217. The highest BCUT2D eigenvalue weighted by molar-refractivity contribution is 5.86. The molecule has 0 saturated carbocycles. The first kappa shape index (κ1) is 18.8. The van der Waals surface area contributed by atoms with Crippen molar-refractivity contribution in [1.29, 1.82) is 0 Å². The fourth-order valence-corrected chi connectivity index (χ4v) is 2.57. The van der Waals surface area contributed by atoms with Crippen molar-refractivity contribution in [2.45, 2.75) is 6.42 Å². The second kappa shape index (κ2) is 8.16. The highest BCUT2D eigenvalue weighted by atomic mass is 16.6. The van der Waals surface area contributed by atoms with E-state index in [0.717, 1.165) is 5.56 Å². The molecule has 28 heavy (non-hydrogen) atoms. The normalized spacial score (nSPS) is 10.5. The molecule has 0 aliphatic heterocycles. The van der Waals surface area contributed by atoms with Crippen molar-refractivity contribution < 1.29 is 19.4 Å². The molecule has 2 heterocycles. The number of aryl methyl sites for hydroxylation is 1. The van der Waals surface area contributed by atoms with Crippen molar-refractivity contribution in [1.82, 2.24) is 20.0 Å². The third kappa shape index (κ3) is 4.61. The number of aromatic amines is 1. The topological polar surface area (TPSA) is 139 Å². The van der Waals surface area contributed by atoms with Gasteiger partial charge < -0.3 is 9.84 Å². The van der Waals surface area contributed by atoms with Gasteiger partial charge in [0.2, 0.25) is 5.43 Å². The zero-order valence-electron chi connectivity index (χ0n) is 14.9. The Balaban J connectivity index is 1.76. The summed E-state index contributed by atoms with van der Waals surface area (Å²) in [4.78, 5) is 34.7. The highest BCUT2D eigenvalue weighted by Gasteiger charge is 2.12. The van der Waals surface area contributed by atoms with Crippen LogP contribution in [0.2, 0.25) is 0 Å². The molecule has 1 aromatic carbocycles. The van der Waals surface area contributed by atoms with E-state index in [2.05, 4.69) is 25.3 Å². The predicted octanol–water partition coefficient (Wildman–Crippen LogP) is 1.39. The second-order valence-corrected chi connectivity index (χ2v) is 5.95. The van der Waals surface area contributed by atoms with Crippen molar-refractivity contribution in [2.75, 3.05) is 11.9 Å². The lowest BCUT2D eigenvalue weighted by Crippen LogP contribution is -2.18. The van der Waals surface area contributed by atoms with Crippen LogP contribution in [0.1, 0.15) is 11.3 Å². The van der Waals surface area contributed by atoms with Gasteiger partial charge in [0.15, 0.2) is 6.61 Å². The van der Waals surface area contributed by atoms with Crippen LogP contribution in [-0.4, -0.2) is 43.8 Å². The number of carbonyl (C=O) groups excluding carboxylic acids is 1. The van der Waals surface area contributed by atoms with E-state index in [1.54, 1.807) is 48.4 Å². The molecule has 0 unspecified atom stereocenters. The van der Waals surface area contributed by atoms with Gasteiger partial charge in [-0.2, -0.15) is 10.2 Å². The van der Waals surface area contributed by atoms with Gasteiger partial charge in [-0.25, -0.2) is 9.59 Å². The third-order valence-corrected chi connectivity index (χ3v) is 3.80. The quantitative estimate of drug-likeness (QED) is 0.584. The summed E-state index contributed by atoms with van der Waals surface area (Å²) in [7, 11) is 1.76. The Kier molecular flexibility index (Phi) is 5.49. The lowest BCUT2D eigenvalue weighted by atomic mass is 10.1. The second-order valence-electron chi connectivity index (χ2n) is 5.95. The maximum absolute atomic E-state index is 12.7. The summed E-state index contributed by atoms with van der Waals surface area (Å²) >= 11 is 0. The van der Waals surface area contributed by atoms with Gasteiger partial charge in [-0.3, -0.25) is 19.9 Å². The van der Waals surface area contributed by atoms with Gasteiger partial charge in [-0.05, 0) is 17.7 Å². The standard InChI is InChI=1S/C18H17N5O5/c1-23-9-12(7-20-23)14-8-19-22-15(17(14)26)6-11-3-2-4-13(5-11)21-18(27)28-10-16(24)25/h2-5,7-9H,6,10H2,1H3,(H,19,26)(H,21,27)(H,24,25). The number of ether oxygens (including phenoxy) is 1. The first-order valence-electron chi connectivity index (χ1n) is 8.23. The number of nitrogens with zero attached hydrogens (tertiary/aromatic N) is 3. The van der Waals surface area contributed by atoms with Crippen LogP contribution in [0.3, 0.4) is 0 Å². The SMILES string of the molecule is Cn1cc(-c2c[nH]nc(Cc3cccc(NC(=O)OCC(=O)O)c3)c2=O)cn1. The van der Waals surface area contributed by atoms with Crippen molar-refractivity contribution in [3.8, 4) is 11.1 Å². The number of aliphatic carboxylic acids is 1. The van der Waals surface area contributed by atoms with Crippen molar-refractivity contribution in [2.24, 2.45) is 7.05 Å². The molecule has 0 aliphatic carbocycles. The number of aromatic nitrogens is 4. The third-order valence-electron chi connectivity index (χ3n) is 3.80. The number of amides is 1. The number of carbonyl (C=O) groups is 2. The van der Waals surface area contributed by atoms with Crippen LogP contribution in [-0.2, 0) is 23.0 Å². The van der Waals surface area contributed by atoms with Crippen LogP contribution in [0.25, 0.3) is 11.1 Å². The molecular formula is C18H17N5O5. The van der Waals surface area contributed by atoms with Crippen LogP contribution >= 0.6 is 0 Å². The zero-order valence-corrected chi connectivity index (χ0v) is 14.9. The van der Waals surface area contributed by atoms with Gasteiger partial charge >= 0.3 is 12.1 Å². The molecule has 3 aromatic rings. The fraction of sp³-hybridized carbons (Fsp3) is 0.167. The molecule has 10 nitrogen and oxygen atoms in total. The average molecular weight is 383 g/mol. The van der Waals surface area contributed by atoms with E-state index in [0.29, 0.717) is 22.5 Å². The van der Waals surface area contributed by atoms with Gasteiger partial charge in [0.05, 0.1) is 11.8 Å². The number of hydrogen-bond acceptors (Lipinski definition) is 6. The van der Waals surface area contributed by atoms with Gasteiger partial charge in [0.1, 0.15) is 5.69 Å². The number of carboxylic acid groups (broad SMARTS) is 1. The van der Waals surface area contributed by atoms with E-state index < -0.39 is 18.7 Å². The Morgan fingerprint density at radius 2 is 2.18 bits per heavy atom. The fourth-order valence-electron chi connectivity index (χ4n) is 2.57. The minimum atomic E-state index is -1.25. The Bertz CT molecular complexity index is 1070. The zero-order chi connectivity index (χ0) is 20.1. The van der Waals surface area contributed by atoms with Crippen molar-refractivity contribution in [3.05, 3.63) is 64.3 Å². The number of nitrogens with one attached hydrogen (secondary N) is 2. The molecule has 3 N–H and O–H groups in total. The van der Waals surface area contributed by atoms with E-state index in [1.807, 2.05) is 0 Å². The molecule has 0 spiro atoms. The number of anilines is 1. The van der Waals surface area contributed by atoms with Crippen molar-refractivity contribution in [3.63, 3.8) is 0 Å². The van der Waals surface area contributed by atoms with Gasteiger partial charge in [-0.1, -0.05) is 12.1 Å². The van der Waals surface area contributed by atoms with Crippen LogP contribution in [0.4, 0.5) is 10.5 Å². The summed E-state index contributed by atoms with van der Waals surface area (Å²) in [6, 6.07) is 6.75. The van der Waals surface area contributed by atoms with Gasteiger partial charge in [0.25, 0.3) is 0 Å². The Morgan fingerprint density at radius 3 is 2.89 bits per heavy atom. The Labute approximate surface area is 158 Å². The maximum atomic E-state index is 12.7. The van der Waals surface area contributed by atoms with Crippen molar-refractivity contribution >= 4 is 17.7 Å². The maximum Gasteiger partial charge on any atom is 0.412 e. The molecule has 0 aliphatic rings. The summed E-state index contributed by atoms with van der Waals surface area (Å²) in [6.07, 6.45) is 4.22. The highest BCUT2D eigenvalue weighted by Crippen LogP contribution is 2.16. The summed E-state index contributed by atoms with van der Waals surface area (Å²) in [5, 5.41) is 21.8. The van der Waals surface area contributed by atoms with Gasteiger partial charge in [-0.15, -0.1) is 0 Å². The predicted molar refractivity (Wildman–Crippen MR) is 98.9 cm³/mol. The summed E-state index contributed by atoms with van der Waals surface area (Å²) in [6.45, 7) is -0.730. The molecule has 144 valence electrons. The molecule has 0 fully saturated rings. The van der Waals surface area contributed by atoms with E-state index in [4.69, 9.17) is 5.11 Å². The number of H-pyrrole nitrogens is 1. The van der Waals surface area contributed by atoms with Crippen LogP contribution < -0.4 is 10.7 Å². The molecule has 3 rings (SSSR count). The molecule has 0 saturated heterocycles. The molecule has 1 amide bonds.